The predicted molar refractivity (Wildman–Crippen MR) is 68.4 cm³/mol. The SMILES string of the molecule is Cc1[nH]ncc1S(=O)(=O)NCC1CCCCC1N. The van der Waals surface area contributed by atoms with Crippen molar-refractivity contribution in [1.82, 2.24) is 14.9 Å². The fraction of sp³-hybridized carbons (Fsp3) is 0.727. The topological polar surface area (TPSA) is 101 Å². The fourth-order valence-electron chi connectivity index (χ4n) is 2.39. The van der Waals surface area contributed by atoms with Gasteiger partial charge in [0.05, 0.1) is 11.9 Å². The Morgan fingerprint density at radius 1 is 1.50 bits per heavy atom. The first-order chi connectivity index (χ1) is 8.50. The highest BCUT2D eigenvalue weighted by atomic mass is 32.2. The molecule has 1 saturated carbocycles. The van der Waals surface area contributed by atoms with E-state index in [-0.39, 0.29) is 16.9 Å². The van der Waals surface area contributed by atoms with Crippen molar-refractivity contribution in [1.29, 1.82) is 0 Å². The molecule has 0 bridgehead atoms. The summed E-state index contributed by atoms with van der Waals surface area (Å²) in [6.45, 7) is 2.10. The summed E-state index contributed by atoms with van der Waals surface area (Å²) >= 11 is 0. The molecular formula is C11H20N4O2S. The van der Waals surface area contributed by atoms with Crippen molar-refractivity contribution in [2.75, 3.05) is 6.54 Å². The normalized spacial score (nSPS) is 25.2. The van der Waals surface area contributed by atoms with Gasteiger partial charge in [0.25, 0.3) is 0 Å². The van der Waals surface area contributed by atoms with Crippen LogP contribution < -0.4 is 10.5 Å². The van der Waals surface area contributed by atoms with Crippen LogP contribution in [0.25, 0.3) is 0 Å². The number of nitrogens with zero attached hydrogens (tertiary/aromatic N) is 1. The van der Waals surface area contributed by atoms with Gasteiger partial charge in [0.15, 0.2) is 0 Å². The summed E-state index contributed by atoms with van der Waals surface area (Å²) in [6.07, 6.45) is 5.58. The summed E-state index contributed by atoms with van der Waals surface area (Å²) in [7, 11) is -3.47. The van der Waals surface area contributed by atoms with E-state index in [9.17, 15) is 8.42 Å². The Kier molecular flexibility index (Phi) is 4.04. The van der Waals surface area contributed by atoms with Crippen LogP contribution in [0.1, 0.15) is 31.4 Å². The Balaban J connectivity index is 1.99. The number of hydrogen-bond acceptors (Lipinski definition) is 4. The maximum atomic E-state index is 12.1. The summed E-state index contributed by atoms with van der Waals surface area (Å²) in [6, 6.07) is 0.104. The largest absolute Gasteiger partial charge is 0.327 e. The molecule has 1 heterocycles. The second kappa shape index (κ2) is 5.38. The van der Waals surface area contributed by atoms with Gasteiger partial charge in [-0.3, -0.25) is 5.10 Å². The van der Waals surface area contributed by atoms with Crippen molar-refractivity contribution in [3.05, 3.63) is 11.9 Å². The van der Waals surface area contributed by atoms with Crippen LogP contribution in [0.4, 0.5) is 0 Å². The van der Waals surface area contributed by atoms with Crippen molar-refractivity contribution in [3.8, 4) is 0 Å². The molecule has 0 aliphatic heterocycles. The van der Waals surface area contributed by atoms with Gasteiger partial charge >= 0.3 is 0 Å². The highest BCUT2D eigenvalue weighted by molar-refractivity contribution is 7.89. The number of aromatic nitrogens is 2. The van der Waals surface area contributed by atoms with Gasteiger partial charge in [0.2, 0.25) is 10.0 Å². The first kappa shape index (κ1) is 13.5. The van der Waals surface area contributed by atoms with E-state index >= 15 is 0 Å². The highest BCUT2D eigenvalue weighted by Gasteiger charge is 2.25. The van der Waals surface area contributed by atoms with Gasteiger partial charge in [-0.05, 0) is 25.7 Å². The van der Waals surface area contributed by atoms with E-state index in [1.165, 1.54) is 6.20 Å². The third-order valence-corrected chi connectivity index (χ3v) is 5.11. The van der Waals surface area contributed by atoms with Crippen LogP contribution in [0.2, 0.25) is 0 Å². The molecule has 0 saturated heterocycles. The number of aryl methyl sites for hydroxylation is 1. The van der Waals surface area contributed by atoms with Gasteiger partial charge in [0, 0.05) is 12.6 Å². The number of nitrogens with one attached hydrogen (secondary N) is 2. The van der Waals surface area contributed by atoms with Crippen LogP contribution >= 0.6 is 0 Å². The standard InChI is InChI=1S/C11H20N4O2S/c1-8-11(7-13-15-8)18(16,17)14-6-9-4-2-3-5-10(9)12/h7,9-10,14H,2-6,12H2,1H3,(H,13,15). The minimum absolute atomic E-state index is 0.104. The second-order valence-electron chi connectivity index (χ2n) is 4.92. The molecule has 0 radical (unpaired) electrons. The zero-order valence-corrected chi connectivity index (χ0v) is 11.3. The van der Waals surface area contributed by atoms with Crippen molar-refractivity contribution >= 4 is 10.0 Å². The second-order valence-corrected chi connectivity index (χ2v) is 6.65. The molecule has 1 aromatic rings. The van der Waals surface area contributed by atoms with E-state index in [0.717, 1.165) is 25.7 Å². The summed E-state index contributed by atoms with van der Waals surface area (Å²) in [5.41, 5.74) is 6.55. The van der Waals surface area contributed by atoms with Crippen LogP contribution in [-0.2, 0) is 10.0 Å². The smallest absolute Gasteiger partial charge is 0.243 e. The fourth-order valence-corrected chi connectivity index (χ4v) is 3.62. The van der Waals surface area contributed by atoms with Crippen LogP contribution in [0.3, 0.4) is 0 Å². The molecular weight excluding hydrogens is 252 g/mol. The average molecular weight is 272 g/mol. The van der Waals surface area contributed by atoms with Gasteiger partial charge < -0.3 is 5.73 Å². The van der Waals surface area contributed by atoms with Crippen molar-refractivity contribution in [2.24, 2.45) is 11.7 Å². The summed E-state index contributed by atoms with van der Waals surface area (Å²) in [4.78, 5) is 0.215. The third kappa shape index (κ3) is 2.90. The van der Waals surface area contributed by atoms with E-state index in [2.05, 4.69) is 14.9 Å². The van der Waals surface area contributed by atoms with E-state index in [1.807, 2.05) is 0 Å². The average Bonchev–Trinajstić information content (AvgIpc) is 2.75. The molecule has 0 spiro atoms. The number of H-pyrrole nitrogens is 1. The molecule has 1 aromatic heterocycles. The Bertz CT molecular complexity index is 497. The lowest BCUT2D eigenvalue weighted by molar-refractivity contribution is 0.308. The Labute approximate surface area is 107 Å². The Hall–Kier alpha value is -0.920. The van der Waals surface area contributed by atoms with Crippen LogP contribution in [0.15, 0.2) is 11.1 Å². The molecule has 6 nitrogen and oxygen atoms in total. The van der Waals surface area contributed by atoms with Crippen molar-refractivity contribution in [3.63, 3.8) is 0 Å². The number of nitrogens with two attached hydrogens (primary N) is 1. The lowest BCUT2D eigenvalue weighted by Gasteiger charge is -2.28. The highest BCUT2D eigenvalue weighted by Crippen LogP contribution is 2.22. The lowest BCUT2D eigenvalue weighted by atomic mass is 9.85. The zero-order valence-electron chi connectivity index (χ0n) is 10.5. The van der Waals surface area contributed by atoms with E-state index in [0.29, 0.717) is 12.2 Å². The van der Waals surface area contributed by atoms with E-state index in [1.54, 1.807) is 6.92 Å². The van der Waals surface area contributed by atoms with Crippen molar-refractivity contribution in [2.45, 2.75) is 43.5 Å². The zero-order chi connectivity index (χ0) is 13.2. The molecule has 102 valence electrons. The minimum Gasteiger partial charge on any atom is -0.327 e. The van der Waals surface area contributed by atoms with Crippen LogP contribution in [0.5, 0.6) is 0 Å². The Morgan fingerprint density at radius 2 is 2.22 bits per heavy atom. The third-order valence-electron chi connectivity index (χ3n) is 3.58. The van der Waals surface area contributed by atoms with Crippen molar-refractivity contribution < 1.29 is 8.42 Å². The molecule has 1 fully saturated rings. The van der Waals surface area contributed by atoms with E-state index in [4.69, 9.17) is 5.73 Å². The molecule has 7 heteroatoms. The van der Waals surface area contributed by atoms with E-state index < -0.39 is 10.0 Å². The van der Waals surface area contributed by atoms with Gasteiger partial charge in [-0.1, -0.05) is 12.8 Å². The molecule has 2 atom stereocenters. The number of hydrogen-bond donors (Lipinski definition) is 3. The van der Waals surface area contributed by atoms with Gasteiger partial charge in [0.1, 0.15) is 4.90 Å². The molecule has 1 aliphatic carbocycles. The van der Waals surface area contributed by atoms with Crippen LogP contribution in [-0.4, -0.2) is 31.2 Å². The number of rotatable bonds is 4. The molecule has 0 amide bonds. The minimum atomic E-state index is -3.47. The number of aromatic amines is 1. The maximum Gasteiger partial charge on any atom is 0.243 e. The predicted octanol–water partition coefficient (Wildman–Crippen LogP) is 0.514. The van der Waals surface area contributed by atoms with Crippen LogP contribution in [0, 0.1) is 12.8 Å². The molecule has 2 unspecified atom stereocenters. The monoisotopic (exact) mass is 272 g/mol. The molecule has 2 rings (SSSR count). The maximum absolute atomic E-state index is 12.1. The molecule has 0 aromatic carbocycles. The molecule has 18 heavy (non-hydrogen) atoms. The first-order valence-corrected chi connectivity index (χ1v) is 7.74. The first-order valence-electron chi connectivity index (χ1n) is 6.26. The number of sulfonamides is 1. The summed E-state index contributed by atoms with van der Waals surface area (Å²) in [5.74, 6) is 0.237. The van der Waals surface area contributed by atoms with Gasteiger partial charge in [-0.15, -0.1) is 0 Å². The molecule has 1 aliphatic rings. The molecule has 4 N–H and O–H groups in total. The lowest BCUT2D eigenvalue weighted by Crippen LogP contribution is -2.41. The summed E-state index contributed by atoms with van der Waals surface area (Å²) in [5, 5.41) is 6.36. The van der Waals surface area contributed by atoms with Gasteiger partial charge in [-0.25, -0.2) is 13.1 Å². The quantitative estimate of drug-likeness (QED) is 0.743. The summed E-state index contributed by atoms with van der Waals surface area (Å²) < 4.78 is 26.7. The van der Waals surface area contributed by atoms with Gasteiger partial charge in [-0.2, -0.15) is 5.10 Å². The Morgan fingerprint density at radius 3 is 2.83 bits per heavy atom.